The molecule has 0 N–H and O–H groups in total. The predicted molar refractivity (Wildman–Crippen MR) is 82.7 cm³/mol. The maximum Gasteiger partial charge on any atom is 0.101 e. The van der Waals surface area contributed by atoms with Crippen LogP contribution in [0.4, 0.5) is 0 Å². The number of allylic oxidation sites excluding steroid dienone is 1. The first-order chi connectivity index (χ1) is 9.15. The summed E-state index contributed by atoms with van der Waals surface area (Å²) in [6.07, 6.45) is 11.3. The molecule has 0 radical (unpaired) electrons. The lowest BCUT2D eigenvalue weighted by Crippen LogP contribution is -2.33. The second-order valence-corrected chi connectivity index (χ2v) is 6.23. The van der Waals surface area contributed by atoms with Gasteiger partial charge in [0.1, 0.15) is 6.10 Å². The van der Waals surface area contributed by atoms with E-state index < -0.39 is 0 Å². The van der Waals surface area contributed by atoms with Crippen LogP contribution in [0.15, 0.2) is 12.3 Å². The van der Waals surface area contributed by atoms with Crippen LogP contribution in [-0.2, 0) is 4.74 Å². The van der Waals surface area contributed by atoms with E-state index >= 15 is 0 Å². The van der Waals surface area contributed by atoms with Crippen LogP contribution in [0.5, 0.6) is 0 Å². The number of hydrogen-bond donors (Lipinski definition) is 0. The van der Waals surface area contributed by atoms with Crippen LogP contribution >= 0.6 is 0 Å². The maximum atomic E-state index is 5.95. The highest BCUT2D eigenvalue weighted by Gasteiger charge is 2.31. The number of unbranched alkanes of at least 4 members (excludes halogenated alkanes) is 2. The van der Waals surface area contributed by atoms with Gasteiger partial charge in [-0.05, 0) is 37.0 Å². The molecule has 3 atom stereocenters. The molecule has 1 aliphatic rings. The average molecular weight is 262 g/mol. The van der Waals surface area contributed by atoms with Crippen molar-refractivity contribution in [3.05, 3.63) is 12.3 Å². The molecule has 1 fully saturated rings. The van der Waals surface area contributed by atoms with Crippen LogP contribution in [0.2, 0.25) is 0 Å². The summed E-state index contributed by atoms with van der Waals surface area (Å²) in [6, 6.07) is 0. The normalized spacial score (nSPS) is 27.3. The first-order valence-corrected chi connectivity index (χ1v) is 7.94. The molecule has 0 aliphatic heterocycles. The van der Waals surface area contributed by atoms with Crippen LogP contribution < -0.4 is 0 Å². The third kappa shape index (κ3) is 6.19. The predicted octanol–water partition coefficient (Wildman–Crippen LogP) is 5.17. The molecule has 1 aliphatic carbocycles. The minimum absolute atomic E-state index is 0.387. The van der Waals surface area contributed by atoms with E-state index in [2.05, 4.69) is 39.5 Å². The van der Waals surface area contributed by atoms with Crippen LogP contribution in [-0.4, -0.2) is 6.10 Å². The molecule has 0 heterocycles. The smallest absolute Gasteiger partial charge is 0.101 e. The van der Waals surface area contributed by atoms with Crippen LogP contribution in [0.1, 0.15) is 66.2 Å². The lowest BCUT2D eigenvalue weighted by Gasteiger charge is -2.36. The summed E-state index contributed by atoms with van der Waals surface area (Å²) >= 11 is 0. The van der Waals surface area contributed by atoms with Gasteiger partial charge in [-0.3, -0.25) is 0 Å². The van der Waals surface area contributed by atoms with Crippen LogP contribution in [0, 0.1) is 29.6 Å². The van der Waals surface area contributed by atoms with Crippen molar-refractivity contribution in [1.82, 2.24) is 0 Å². The molecule has 1 nitrogen and oxygen atoms in total. The van der Waals surface area contributed by atoms with Gasteiger partial charge in [0.05, 0.1) is 6.26 Å². The minimum atomic E-state index is 0.387. The van der Waals surface area contributed by atoms with E-state index in [1.54, 1.807) is 0 Å². The quantitative estimate of drug-likeness (QED) is 0.377. The minimum Gasteiger partial charge on any atom is -0.497 e. The Morgan fingerprint density at radius 3 is 2.79 bits per heavy atom. The van der Waals surface area contributed by atoms with E-state index in [1.165, 1.54) is 32.1 Å². The zero-order valence-corrected chi connectivity index (χ0v) is 13.1. The Bertz CT molecular complexity index is 318. The molecule has 1 heteroatoms. The third-order valence-electron chi connectivity index (χ3n) is 4.12. The molecule has 108 valence electrons. The monoisotopic (exact) mass is 262 g/mol. The van der Waals surface area contributed by atoms with Gasteiger partial charge in [0, 0.05) is 12.5 Å². The largest absolute Gasteiger partial charge is 0.497 e. The Morgan fingerprint density at radius 1 is 1.32 bits per heavy atom. The topological polar surface area (TPSA) is 9.23 Å². The Hall–Kier alpha value is -0.900. The maximum absolute atomic E-state index is 5.95. The molecular weight excluding hydrogens is 232 g/mol. The molecule has 19 heavy (non-hydrogen) atoms. The SMILES string of the molecule is CCCCC#C/C=C\O[C@@H]1C[C@H](C)CC[C@H]1C(C)C. The lowest BCUT2D eigenvalue weighted by atomic mass is 9.75. The van der Waals surface area contributed by atoms with Gasteiger partial charge in [-0.1, -0.05) is 52.4 Å². The van der Waals surface area contributed by atoms with E-state index in [9.17, 15) is 0 Å². The average Bonchev–Trinajstić information content (AvgIpc) is 2.37. The van der Waals surface area contributed by atoms with Gasteiger partial charge in [-0.25, -0.2) is 0 Å². The van der Waals surface area contributed by atoms with Crippen molar-refractivity contribution in [2.45, 2.75) is 72.3 Å². The van der Waals surface area contributed by atoms with Gasteiger partial charge in [-0.15, -0.1) is 0 Å². The van der Waals surface area contributed by atoms with E-state index in [1.807, 2.05) is 12.3 Å². The van der Waals surface area contributed by atoms with Crippen molar-refractivity contribution in [3.63, 3.8) is 0 Å². The van der Waals surface area contributed by atoms with Crippen LogP contribution in [0.3, 0.4) is 0 Å². The molecular formula is C18H30O. The van der Waals surface area contributed by atoms with Gasteiger partial charge >= 0.3 is 0 Å². The van der Waals surface area contributed by atoms with E-state index in [4.69, 9.17) is 4.74 Å². The molecule has 0 aromatic carbocycles. The van der Waals surface area contributed by atoms with Crippen molar-refractivity contribution in [3.8, 4) is 11.8 Å². The second-order valence-electron chi connectivity index (χ2n) is 6.23. The zero-order chi connectivity index (χ0) is 14.1. The summed E-state index contributed by atoms with van der Waals surface area (Å²) in [7, 11) is 0. The first kappa shape index (κ1) is 16.2. The van der Waals surface area contributed by atoms with E-state index in [-0.39, 0.29) is 0 Å². The molecule has 0 aromatic heterocycles. The van der Waals surface area contributed by atoms with Gasteiger partial charge < -0.3 is 4.74 Å². The van der Waals surface area contributed by atoms with Crippen molar-refractivity contribution in [2.75, 3.05) is 0 Å². The summed E-state index contributed by atoms with van der Waals surface area (Å²) in [5.74, 6) is 8.42. The van der Waals surface area contributed by atoms with E-state index in [0.29, 0.717) is 17.9 Å². The Kier molecular flexibility index (Phi) is 7.72. The third-order valence-corrected chi connectivity index (χ3v) is 4.12. The molecule has 1 saturated carbocycles. The van der Waals surface area contributed by atoms with Crippen LogP contribution in [0.25, 0.3) is 0 Å². The Morgan fingerprint density at radius 2 is 2.11 bits per heavy atom. The van der Waals surface area contributed by atoms with Gasteiger partial charge in [0.2, 0.25) is 0 Å². The molecule has 1 rings (SSSR count). The summed E-state index contributed by atoms with van der Waals surface area (Å²) < 4.78 is 5.95. The van der Waals surface area contributed by atoms with E-state index in [0.717, 1.165) is 12.3 Å². The molecule has 0 unspecified atom stereocenters. The van der Waals surface area contributed by atoms with Crippen molar-refractivity contribution < 1.29 is 4.74 Å². The molecule has 0 aromatic rings. The first-order valence-electron chi connectivity index (χ1n) is 7.94. The second kappa shape index (κ2) is 9.08. The summed E-state index contributed by atoms with van der Waals surface area (Å²) in [6.45, 7) is 9.15. The Balaban J connectivity index is 2.39. The highest BCUT2D eigenvalue weighted by atomic mass is 16.5. The standard InChI is InChI=1S/C18H30O/c1-5-6-7-8-9-10-13-19-18-14-16(4)11-12-17(18)15(2)3/h10,13,15-18H,5-7,11-12,14H2,1-4H3/b13-10-/t16-,17+,18-/m1/s1. The molecule has 0 bridgehead atoms. The fourth-order valence-corrected chi connectivity index (χ4v) is 2.84. The van der Waals surface area contributed by atoms with Gasteiger partial charge in [-0.2, -0.15) is 0 Å². The van der Waals surface area contributed by atoms with Gasteiger partial charge in [0.15, 0.2) is 0 Å². The molecule has 0 spiro atoms. The number of ether oxygens (including phenoxy) is 1. The fraction of sp³-hybridized carbons (Fsp3) is 0.778. The number of rotatable bonds is 5. The van der Waals surface area contributed by atoms with Crippen molar-refractivity contribution in [1.29, 1.82) is 0 Å². The van der Waals surface area contributed by atoms with Crippen molar-refractivity contribution in [2.24, 2.45) is 17.8 Å². The highest BCUT2D eigenvalue weighted by molar-refractivity contribution is 5.13. The Labute approximate surface area is 119 Å². The van der Waals surface area contributed by atoms with Gasteiger partial charge in [0.25, 0.3) is 0 Å². The lowest BCUT2D eigenvalue weighted by molar-refractivity contribution is 0.0137. The zero-order valence-electron chi connectivity index (χ0n) is 13.1. The molecule has 0 saturated heterocycles. The summed E-state index contributed by atoms with van der Waals surface area (Å²) in [5.41, 5.74) is 0. The summed E-state index contributed by atoms with van der Waals surface area (Å²) in [4.78, 5) is 0. The fourth-order valence-electron chi connectivity index (χ4n) is 2.84. The molecule has 0 amide bonds. The van der Waals surface area contributed by atoms with Crippen molar-refractivity contribution >= 4 is 0 Å². The number of hydrogen-bond acceptors (Lipinski definition) is 1. The highest BCUT2D eigenvalue weighted by Crippen LogP contribution is 2.35. The summed E-state index contributed by atoms with van der Waals surface area (Å²) in [5, 5.41) is 0.